The number of alkyl halides is 1. The third-order valence-electron chi connectivity index (χ3n) is 2.96. The van der Waals surface area contributed by atoms with Gasteiger partial charge in [0.2, 0.25) is 0 Å². The molecule has 2 aromatic rings. The van der Waals surface area contributed by atoms with Crippen molar-refractivity contribution in [2.75, 3.05) is 0 Å². The summed E-state index contributed by atoms with van der Waals surface area (Å²) in [5.74, 6) is 2.29. The first-order chi connectivity index (χ1) is 9.11. The molecule has 0 radical (unpaired) electrons. The average molecular weight is 295 g/mol. The monoisotopic (exact) mass is 294 g/mol. The summed E-state index contributed by atoms with van der Waals surface area (Å²) >= 11 is 12.1. The molecule has 100 valence electrons. The molecule has 0 N–H and O–H groups in total. The highest BCUT2D eigenvalue weighted by Gasteiger charge is 2.09. The van der Waals surface area contributed by atoms with Crippen LogP contribution in [-0.2, 0) is 5.88 Å². The Morgan fingerprint density at radius 1 is 1.05 bits per heavy atom. The molecule has 1 nitrogen and oxygen atoms in total. The van der Waals surface area contributed by atoms with Crippen molar-refractivity contribution in [2.24, 2.45) is 0 Å². The predicted molar refractivity (Wildman–Crippen MR) is 81.6 cm³/mol. The van der Waals surface area contributed by atoms with Crippen LogP contribution in [0, 0.1) is 0 Å². The Labute approximate surface area is 124 Å². The number of halogens is 2. The Kier molecular flexibility index (Phi) is 4.73. The molecule has 0 aliphatic carbocycles. The number of benzene rings is 2. The zero-order chi connectivity index (χ0) is 13.8. The van der Waals surface area contributed by atoms with Crippen LogP contribution in [0.15, 0.2) is 42.5 Å². The third-order valence-corrected chi connectivity index (χ3v) is 3.54. The Hall–Kier alpha value is -1.18. The van der Waals surface area contributed by atoms with E-state index in [0.29, 0.717) is 22.6 Å². The Morgan fingerprint density at radius 3 is 2.32 bits per heavy atom. The van der Waals surface area contributed by atoms with Crippen LogP contribution in [0.25, 0.3) is 0 Å². The fourth-order valence-electron chi connectivity index (χ4n) is 1.81. The molecule has 0 unspecified atom stereocenters. The second kappa shape index (κ2) is 6.31. The summed E-state index contributed by atoms with van der Waals surface area (Å²) in [5.41, 5.74) is 2.17. The lowest BCUT2D eigenvalue weighted by molar-refractivity contribution is 0.478. The quantitative estimate of drug-likeness (QED) is 0.629. The minimum atomic E-state index is 0.375. The van der Waals surface area contributed by atoms with E-state index in [1.165, 1.54) is 5.56 Å². The van der Waals surface area contributed by atoms with Crippen LogP contribution >= 0.6 is 23.2 Å². The van der Waals surface area contributed by atoms with Gasteiger partial charge in [-0.2, -0.15) is 0 Å². The topological polar surface area (TPSA) is 9.23 Å². The molecular weight excluding hydrogens is 279 g/mol. The fraction of sp³-hybridized carbons (Fsp3) is 0.250. The van der Waals surface area contributed by atoms with Gasteiger partial charge < -0.3 is 4.74 Å². The van der Waals surface area contributed by atoms with E-state index in [1.807, 2.05) is 24.3 Å². The maximum Gasteiger partial charge on any atom is 0.150 e. The molecule has 0 aliphatic rings. The van der Waals surface area contributed by atoms with Gasteiger partial charge in [0.1, 0.15) is 11.5 Å². The lowest BCUT2D eigenvalue weighted by Crippen LogP contribution is -1.92. The van der Waals surface area contributed by atoms with Crippen LogP contribution in [0.5, 0.6) is 11.5 Å². The predicted octanol–water partition coefficient (Wildman–Crippen LogP) is 5.99. The molecule has 0 saturated carbocycles. The van der Waals surface area contributed by atoms with Crippen molar-refractivity contribution >= 4 is 23.2 Å². The van der Waals surface area contributed by atoms with E-state index in [4.69, 9.17) is 27.9 Å². The summed E-state index contributed by atoms with van der Waals surface area (Å²) in [6, 6.07) is 13.6. The SMILES string of the molecule is CC(C)c1ccc(Oc2c(Cl)cccc2CCl)cc1. The molecule has 0 bridgehead atoms. The highest BCUT2D eigenvalue weighted by Crippen LogP contribution is 2.34. The summed E-state index contributed by atoms with van der Waals surface area (Å²) in [5, 5.41) is 0.575. The lowest BCUT2D eigenvalue weighted by atomic mass is 10.0. The van der Waals surface area contributed by atoms with Gasteiger partial charge in [0.05, 0.1) is 10.9 Å². The van der Waals surface area contributed by atoms with Crippen LogP contribution < -0.4 is 4.74 Å². The van der Waals surface area contributed by atoms with Gasteiger partial charge in [-0.15, -0.1) is 11.6 Å². The molecule has 3 heteroatoms. The largest absolute Gasteiger partial charge is 0.455 e. The molecule has 0 spiro atoms. The normalized spacial score (nSPS) is 10.8. The van der Waals surface area contributed by atoms with E-state index in [9.17, 15) is 0 Å². The Balaban J connectivity index is 2.26. The molecule has 0 aromatic heterocycles. The third kappa shape index (κ3) is 3.43. The maximum atomic E-state index is 6.16. The van der Waals surface area contributed by atoms with Crippen molar-refractivity contribution in [2.45, 2.75) is 25.6 Å². The van der Waals surface area contributed by atoms with Gasteiger partial charge in [-0.05, 0) is 29.7 Å². The van der Waals surface area contributed by atoms with Crippen molar-refractivity contribution in [3.8, 4) is 11.5 Å². The summed E-state index contributed by atoms with van der Waals surface area (Å²) in [4.78, 5) is 0. The molecule has 0 saturated heterocycles. The number of hydrogen-bond donors (Lipinski definition) is 0. The van der Waals surface area contributed by atoms with Crippen LogP contribution in [0.4, 0.5) is 0 Å². The molecule has 0 heterocycles. The highest BCUT2D eigenvalue weighted by molar-refractivity contribution is 6.32. The number of ether oxygens (including phenoxy) is 1. The second-order valence-corrected chi connectivity index (χ2v) is 5.36. The Morgan fingerprint density at radius 2 is 1.74 bits per heavy atom. The van der Waals surface area contributed by atoms with Crippen molar-refractivity contribution in [3.63, 3.8) is 0 Å². The van der Waals surface area contributed by atoms with E-state index in [2.05, 4.69) is 26.0 Å². The van der Waals surface area contributed by atoms with Gasteiger partial charge >= 0.3 is 0 Å². The maximum absolute atomic E-state index is 6.16. The molecule has 0 fully saturated rings. The molecule has 0 amide bonds. The fourth-order valence-corrected chi connectivity index (χ4v) is 2.25. The van der Waals surface area contributed by atoms with E-state index < -0.39 is 0 Å². The highest BCUT2D eigenvalue weighted by atomic mass is 35.5. The van der Waals surface area contributed by atoms with Crippen LogP contribution in [0.3, 0.4) is 0 Å². The first kappa shape index (κ1) is 14.2. The summed E-state index contributed by atoms with van der Waals surface area (Å²) in [6.45, 7) is 4.32. The van der Waals surface area contributed by atoms with Crippen molar-refractivity contribution < 1.29 is 4.74 Å². The zero-order valence-corrected chi connectivity index (χ0v) is 12.5. The zero-order valence-electron chi connectivity index (χ0n) is 11.0. The lowest BCUT2D eigenvalue weighted by Gasteiger charge is -2.12. The first-order valence-corrected chi connectivity index (χ1v) is 7.14. The van der Waals surface area contributed by atoms with E-state index >= 15 is 0 Å². The minimum absolute atomic E-state index is 0.375. The molecule has 2 rings (SSSR count). The Bertz CT molecular complexity index is 547. The van der Waals surface area contributed by atoms with E-state index in [1.54, 1.807) is 6.07 Å². The first-order valence-electron chi connectivity index (χ1n) is 6.23. The van der Waals surface area contributed by atoms with Crippen LogP contribution in [0.1, 0.15) is 30.9 Å². The van der Waals surface area contributed by atoms with Crippen molar-refractivity contribution in [3.05, 3.63) is 58.6 Å². The summed E-state index contributed by atoms with van der Waals surface area (Å²) in [7, 11) is 0. The van der Waals surface area contributed by atoms with Gasteiger partial charge in [0.25, 0.3) is 0 Å². The molecule has 2 aromatic carbocycles. The van der Waals surface area contributed by atoms with E-state index in [0.717, 1.165) is 11.3 Å². The van der Waals surface area contributed by atoms with Crippen LogP contribution in [0.2, 0.25) is 5.02 Å². The van der Waals surface area contributed by atoms with Crippen LogP contribution in [-0.4, -0.2) is 0 Å². The number of para-hydroxylation sites is 1. The number of rotatable bonds is 4. The standard InChI is InChI=1S/C16H16Cl2O/c1-11(2)12-6-8-14(9-7-12)19-16-13(10-17)4-3-5-15(16)18/h3-9,11H,10H2,1-2H3. The van der Waals surface area contributed by atoms with Gasteiger partial charge in [0.15, 0.2) is 0 Å². The van der Waals surface area contributed by atoms with E-state index in [-0.39, 0.29) is 0 Å². The van der Waals surface area contributed by atoms with Crippen molar-refractivity contribution in [1.82, 2.24) is 0 Å². The summed E-state index contributed by atoms with van der Waals surface area (Å²) < 4.78 is 5.85. The van der Waals surface area contributed by atoms with Crippen molar-refractivity contribution in [1.29, 1.82) is 0 Å². The molecule has 0 aliphatic heterocycles. The molecule has 0 atom stereocenters. The van der Waals surface area contributed by atoms with Gasteiger partial charge in [0, 0.05) is 5.56 Å². The smallest absolute Gasteiger partial charge is 0.150 e. The second-order valence-electron chi connectivity index (χ2n) is 4.69. The van der Waals surface area contributed by atoms with Gasteiger partial charge in [-0.1, -0.05) is 49.7 Å². The summed E-state index contributed by atoms with van der Waals surface area (Å²) in [6.07, 6.45) is 0. The van der Waals surface area contributed by atoms with Gasteiger partial charge in [-0.25, -0.2) is 0 Å². The number of hydrogen-bond acceptors (Lipinski definition) is 1. The average Bonchev–Trinajstić information content (AvgIpc) is 2.41. The molecular formula is C16H16Cl2O. The van der Waals surface area contributed by atoms with Gasteiger partial charge in [-0.3, -0.25) is 0 Å². The minimum Gasteiger partial charge on any atom is -0.455 e. The molecule has 19 heavy (non-hydrogen) atoms.